The van der Waals surface area contributed by atoms with Crippen molar-refractivity contribution in [1.82, 2.24) is 4.57 Å². The van der Waals surface area contributed by atoms with E-state index in [2.05, 4.69) is 276 Å². The molecule has 0 radical (unpaired) electrons. The summed E-state index contributed by atoms with van der Waals surface area (Å²) in [7, 11) is 0. The number of benzene rings is 12. The van der Waals surface area contributed by atoms with Crippen LogP contribution >= 0.6 is 0 Å². The third-order valence-corrected chi connectivity index (χ3v) is 14.4. The third kappa shape index (κ3) is 6.97. The van der Waals surface area contributed by atoms with Gasteiger partial charge in [0.15, 0.2) is 0 Å². The van der Waals surface area contributed by atoms with Crippen molar-refractivity contribution in [3.8, 4) is 50.2 Å². The second-order valence-corrected chi connectivity index (χ2v) is 18.5. The van der Waals surface area contributed by atoms with Crippen LogP contribution in [0.4, 0.5) is 17.1 Å². The van der Waals surface area contributed by atoms with Crippen molar-refractivity contribution >= 4 is 82.4 Å². The molecule has 332 valence electrons. The zero-order valence-electron chi connectivity index (χ0n) is 38.7. The van der Waals surface area contributed by atoms with Crippen LogP contribution in [0.3, 0.4) is 0 Å². The Morgan fingerprint density at radius 1 is 0.268 bits per heavy atom. The Bertz CT molecular complexity index is 4290. The summed E-state index contributed by atoms with van der Waals surface area (Å²) in [5, 5.41) is 9.54. The quantitative estimate of drug-likeness (QED) is 0.151. The molecule has 3 nitrogen and oxygen atoms in total. The molecular weight excluding hydrogens is 861 g/mol. The Labute approximate surface area is 411 Å². The first-order valence-corrected chi connectivity index (χ1v) is 24.3. The van der Waals surface area contributed by atoms with Crippen LogP contribution in [0.1, 0.15) is 0 Å². The van der Waals surface area contributed by atoms with Crippen molar-refractivity contribution in [2.24, 2.45) is 0 Å². The standard InChI is InChI=1S/C68H44N2O/c1-2-15-49-42-53(30-29-45(49)13-1)51-17-9-16-50(41-51)46-31-36-55(37-32-46)69(57-20-11-19-54(44-57)60-25-12-26-63-64-40-35-48-14-3-4-22-59(48)67(64)71-68(60)63)56-38-33-47(34-39-56)52-18-10-21-58(43-52)70-65-27-7-5-23-61(65)62-24-6-8-28-66(62)70/h1-44H. The van der Waals surface area contributed by atoms with Gasteiger partial charge in [0, 0.05) is 55.2 Å². The number of nitrogens with zero attached hydrogens (tertiary/aromatic N) is 2. The van der Waals surface area contributed by atoms with Gasteiger partial charge in [-0.15, -0.1) is 0 Å². The molecule has 0 aliphatic rings. The van der Waals surface area contributed by atoms with E-state index >= 15 is 0 Å². The van der Waals surface area contributed by atoms with Gasteiger partial charge in [0.25, 0.3) is 0 Å². The van der Waals surface area contributed by atoms with Crippen molar-refractivity contribution in [1.29, 1.82) is 0 Å². The van der Waals surface area contributed by atoms with Crippen LogP contribution < -0.4 is 4.90 Å². The zero-order valence-corrected chi connectivity index (χ0v) is 38.7. The van der Waals surface area contributed by atoms with Crippen LogP contribution in [0.25, 0.3) is 115 Å². The minimum absolute atomic E-state index is 0.894. The highest BCUT2D eigenvalue weighted by atomic mass is 16.3. The second kappa shape index (κ2) is 16.7. The van der Waals surface area contributed by atoms with Gasteiger partial charge in [0.1, 0.15) is 11.2 Å². The Kier molecular flexibility index (Phi) is 9.53. The molecule has 3 heteroatoms. The first kappa shape index (κ1) is 40.6. The molecule has 14 rings (SSSR count). The van der Waals surface area contributed by atoms with E-state index in [0.717, 1.165) is 77.9 Å². The summed E-state index contributed by atoms with van der Waals surface area (Å²) in [5.74, 6) is 0. The van der Waals surface area contributed by atoms with E-state index in [-0.39, 0.29) is 0 Å². The van der Waals surface area contributed by atoms with Crippen molar-refractivity contribution in [3.63, 3.8) is 0 Å². The molecule has 0 bridgehead atoms. The lowest BCUT2D eigenvalue weighted by Gasteiger charge is -2.26. The normalized spacial score (nSPS) is 11.7. The number of hydrogen-bond acceptors (Lipinski definition) is 2. The molecule has 0 N–H and O–H groups in total. The van der Waals surface area contributed by atoms with Crippen LogP contribution in [0.15, 0.2) is 271 Å². The molecule has 0 spiro atoms. The molecular formula is C68H44N2O. The molecule has 0 aliphatic carbocycles. The summed E-state index contributed by atoms with van der Waals surface area (Å²) in [5.41, 5.74) is 17.7. The van der Waals surface area contributed by atoms with Gasteiger partial charge in [0.05, 0.1) is 11.0 Å². The highest BCUT2D eigenvalue weighted by Gasteiger charge is 2.19. The van der Waals surface area contributed by atoms with Gasteiger partial charge in [0.2, 0.25) is 0 Å². The smallest absolute Gasteiger partial charge is 0.143 e. The van der Waals surface area contributed by atoms with Gasteiger partial charge in [-0.2, -0.15) is 0 Å². The first-order valence-electron chi connectivity index (χ1n) is 24.3. The molecule has 0 fully saturated rings. The summed E-state index contributed by atoms with van der Waals surface area (Å²) >= 11 is 0. The van der Waals surface area contributed by atoms with E-state index in [0.29, 0.717) is 0 Å². The van der Waals surface area contributed by atoms with E-state index in [9.17, 15) is 0 Å². The summed E-state index contributed by atoms with van der Waals surface area (Å²) in [6.45, 7) is 0. The monoisotopic (exact) mass is 904 g/mol. The van der Waals surface area contributed by atoms with E-state index in [1.807, 2.05) is 0 Å². The molecule has 2 aromatic heterocycles. The predicted octanol–water partition coefficient (Wildman–Crippen LogP) is 19.1. The summed E-state index contributed by atoms with van der Waals surface area (Å²) in [6.07, 6.45) is 0. The molecule has 0 unspecified atom stereocenters. The highest BCUT2D eigenvalue weighted by molar-refractivity contribution is 6.17. The number of hydrogen-bond donors (Lipinski definition) is 0. The van der Waals surface area contributed by atoms with Gasteiger partial charge >= 0.3 is 0 Å². The Balaban J connectivity index is 0.860. The second-order valence-electron chi connectivity index (χ2n) is 18.5. The largest absolute Gasteiger partial charge is 0.455 e. The molecule has 0 amide bonds. The summed E-state index contributed by atoms with van der Waals surface area (Å²) < 4.78 is 9.23. The minimum Gasteiger partial charge on any atom is -0.455 e. The third-order valence-electron chi connectivity index (χ3n) is 14.4. The molecule has 0 saturated carbocycles. The van der Waals surface area contributed by atoms with Crippen LogP contribution in [0, 0.1) is 0 Å². The van der Waals surface area contributed by atoms with E-state index < -0.39 is 0 Å². The number of para-hydroxylation sites is 3. The Morgan fingerprint density at radius 3 is 1.51 bits per heavy atom. The molecule has 0 saturated heterocycles. The lowest BCUT2D eigenvalue weighted by atomic mass is 9.97. The molecule has 12 aromatic carbocycles. The number of rotatable bonds is 8. The minimum atomic E-state index is 0.894. The lowest BCUT2D eigenvalue weighted by molar-refractivity contribution is 0.674. The number of furan rings is 1. The van der Waals surface area contributed by atoms with Crippen molar-refractivity contribution in [2.45, 2.75) is 0 Å². The molecule has 2 heterocycles. The van der Waals surface area contributed by atoms with Crippen molar-refractivity contribution in [3.05, 3.63) is 267 Å². The van der Waals surface area contributed by atoms with Crippen molar-refractivity contribution in [2.75, 3.05) is 4.90 Å². The molecule has 0 atom stereocenters. The lowest BCUT2D eigenvalue weighted by Crippen LogP contribution is -2.10. The zero-order chi connectivity index (χ0) is 46.8. The van der Waals surface area contributed by atoms with Crippen LogP contribution in [-0.4, -0.2) is 4.57 Å². The summed E-state index contributed by atoms with van der Waals surface area (Å²) in [4.78, 5) is 2.36. The fourth-order valence-electron chi connectivity index (χ4n) is 10.9. The molecule has 14 aromatic rings. The average Bonchev–Trinajstić information content (AvgIpc) is 4.00. The van der Waals surface area contributed by atoms with Crippen LogP contribution in [-0.2, 0) is 0 Å². The van der Waals surface area contributed by atoms with Crippen molar-refractivity contribution < 1.29 is 4.42 Å². The Morgan fingerprint density at radius 2 is 0.775 bits per heavy atom. The van der Waals surface area contributed by atoms with Gasteiger partial charge < -0.3 is 13.9 Å². The van der Waals surface area contributed by atoms with Gasteiger partial charge in [-0.05, 0) is 134 Å². The van der Waals surface area contributed by atoms with Gasteiger partial charge in [-0.1, -0.05) is 188 Å². The van der Waals surface area contributed by atoms with E-state index in [1.165, 1.54) is 54.7 Å². The highest BCUT2D eigenvalue weighted by Crippen LogP contribution is 2.43. The van der Waals surface area contributed by atoms with Gasteiger partial charge in [-0.3, -0.25) is 0 Å². The maximum atomic E-state index is 6.85. The van der Waals surface area contributed by atoms with Crippen LogP contribution in [0.5, 0.6) is 0 Å². The maximum Gasteiger partial charge on any atom is 0.143 e. The number of aromatic nitrogens is 1. The fraction of sp³-hybridized carbons (Fsp3) is 0. The molecule has 71 heavy (non-hydrogen) atoms. The average molecular weight is 905 g/mol. The fourth-order valence-corrected chi connectivity index (χ4v) is 10.9. The van der Waals surface area contributed by atoms with E-state index in [1.54, 1.807) is 0 Å². The number of fused-ring (bicyclic) bond motifs is 9. The SMILES string of the molecule is c1cc(-c2ccc(N(c3ccc(-c4cccc(-n5c6ccccc6c6ccccc65)c4)cc3)c3cccc(-c4cccc5c4oc4c6ccccc6ccc54)c3)cc2)cc(-c2ccc3ccccc3c2)c1. The van der Waals surface area contributed by atoms with Gasteiger partial charge in [-0.25, -0.2) is 0 Å². The Hall–Kier alpha value is -9.44. The number of anilines is 3. The first-order chi connectivity index (χ1) is 35.2. The molecule has 0 aliphatic heterocycles. The maximum absolute atomic E-state index is 6.85. The predicted molar refractivity (Wildman–Crippen MR) is 299 cm³/mol. The van der Waals surface area contributed by atoms with Crippen LogP contribution in [0.2, 0.25) is 0 Å². The topological polar surface area (TPSA) is 21.3 Å². The summed E-state index contributed by atoms with van der Waals surface area (Å²) in [6, 6.07) is 96.6. The van der Waals surface area contributed by atoms with E-state index in [4.69, 9.17) is 4.42 Å².